The normalized spacial score (nSPS) is 10.2. The van der Waals surface area contributed by atoms with Gasteiger partial charge in [-0.3, -0.25) is 4.79 Å². The number of halogens is 3. The summed E-state index contributed by atoms with van der Waals surface area (Å²) in [5, 5.41) is 2.21. The monoisotopic (exact) mass is 251 g/mol. The number of benzene rings is 2. The maximum atomic E-state index is 13.3. The highest BCUT2D eigenvalue weighted by atomic mass is 19.1. The Labute approximate surface area is 101 Å². The van der Waals surface area contributed by atoms with Crippen LogP contribution in [0.5, 0.6) is 0 Å². The number of hydrogen-bond acceptors (Lipinski definition) is 1. The number of carbonyl (C=O) groups is 1. The van der Waals surface area contributed by atoms with Crippen LogP contribution in [0.15, 0.2) is 42.5 Å². The molecule has 1 N–H and O–H groups in total. The Morgan fingerprint density at radius 2 is 1.50 bits per heavy atom. The maximum Gasteiger partial charge on any atom is 0.255 e. The molecular weight excluding hydrogens is 243 g/mol. The fourth-order valence-corrected chi connectivity index (χ4v) is 1.39. The second-order valence-corrected chi connectivity index (χ2v) is 3.59. The minimum absolute atomic E-state index is 0.153. The van der Waals surface area contributed by atoms with E-state index in [1.54, 1.807) is 0 Å². The minimum atomic E-state index is -0.744. The van der Waals surface area contributed by atoms with Crippen molar-refractivity contribution >= 4 is 11.6 Å². The molecule has 0 aromatic heterocycles. The third kappa shape index (κ3) is 2.68. The van der Waals surface area contributed by atoms with E-state index in [0.717, 1.165) is 30.3 Å². The molecule has 92 valence electrons. The van der Waals surface area contributed by atoms with Gasteiger partial charge in [-0.25, -0.2) is 13.2 Å². The molecule has 0 unspecified atom stereocenters. The van der Waals surface area contributed by atoms with Gasteiger partial charge in [-0.1, -0.05) is 0 Å². The van der Waals surface area contributed by atoms with Crippen LogP contribution < -0.4 is 5.32 Å². The quantitative estimate of drug-likeness (QED) is 0.871. The molecule has 0 radical (unpaired) electrons. The SMILES string of the molecule is O=C(Nc1cc(F)ccc1F)c1ccc(F)cc1. The number of nitrogens with one attached hydrogen (secondary N) is 1. The van der Waals surface area contributed by atoms with Crippen molar-refractivity contribution in [1.29, 1.82) is 0 Å². The highest BCUT2D eigenvalue weighted by Gasteiger charge is 2.10. The molecule has 0 heterocycles. The molecular formula is C13H8F3NO. The molecule has 2 aromatic carbocycles. The van der Waals surface area contributed by atoms with E-state index in [1.807, 2.05) is 0 Å². The van der Waals surface area contributed by atoms with Gasteiger partial charge in [0.15, 0.2) is 0 Å². The predicted octanol–water partition coefficient (Wildman–Crippen LogP) is 3.36. The van der Waals surface area contributed by atoms with Crippen LogP contribution in [0.1, 0.15) is 10.4 Å². The van der Waals surface area contributed by atoms with Crippen molar-refractivity contribution in [1.82, 2.24) is 0 Å². The largest absolute Gasteiger partial charge is 0.319 e. The van der Waals surface area contributed by atoms with E-state index >= 15 is 0 Å². The van der Waals surface area contributed by atoms with Crippen molar-refractivity contribution in [3.63, 3.8) is 0 Å². The molecule has 0 aliphatic heterocycles. The first-order chi connectivity index (χ1) is 8.56. The summed E-state index contributed by atoms with van der Waals surface area (Å²) in [6.45, 7) is 0. The van der Waals surface area contributed by atoms with Gasteiger partial charge in [-0.2, -0.15) is 0 Å². The van der Waals surface area contributed by atoms with Gasteiger partial charge in [0.2, 0.25) is 0 Å². The van der Waals surface area contributed by atoms with Crippen LogP contribution in [-0.2, 0) is 0 Å². The third-order valence-corrected chi connectivity index (χ3v) is 2.28. The lowest BCUT2D eigenvalue weighted by atomic mass is 10.2. The van der Waals surface area contributed by atoms with Gasteiger partial charge in [-0.05, 0) is 36.4 Å². The number of anilines is 1. The molecule has 1 amide bonds. The predicted molar refractivity (Wildman–Crippen MR) is 60.7 cm³/mol. The molecule has 2 rings (SSSR count). The number of rotatable bonds is 2. The molecule has 0 aliphatic rings. The highest BCUT2D eigenvalue weighted by molar-refractivity contribution is 6.04. The van der Waals surface area contributed by atoms with Crippen LogP contribution in [-0.4, -0.2) is 5.91 Å². The second-order valence-electron chi connectivity index (χ2n) is 3.59. The van der Waals surface area contributed by atoms with E-state index < -0.39 is 23.4 Å². The number of amides is 1. The van der Waals surface area contributed by atoms with Crippen LogP contribution in [0, 0.1) is 17.5 Å². The smallest absolute Gasteiger partial charge is 0.255 e. The average molecular weight is 251 g/mol. The Hall–Kier alpha value is -2.30. The van der Waals surface area contributed by atoms with Crippen molar-refractivity contribution in [3.8, 4) is 0 Å². The van der Waals surface area contributed by atoms with E-state index in [4.69, 9.17) is 0 Å². The maximum absolute atomic E-state index is 13.3. The van der Waals surface area contributed by atoms with E-state index in [9.17, 15) is 18.0 Å². The summed E-state index contributed by atoms with van der Waals surface area (Å²) in [5.41, 5.74) is -0.107. The average Bonchev–Trinajstić information content (AvgIpc) is 2.34. The summed E-state index contributed by atoms with van der Waals surface area (Å²) in [4.78, 5) is 11.7. The van der Waals surface area contributed by atoms with Gasteiger partial charge in [0.05, 0.1) is 5.69 Å². The van der Waals surface area contributed by atoms with Gasteiger partial charge in [0.25, 0.3) is 5.91 Å². The van der Waals surface area contributed by atoms with Crippen LogP contribution >= 0.6 is 0 Å². The van der Waals surface area contributed by atoms with Gasteiger partial charge in [0, 0.05) is 11.6 Å². The first kappa shape index (κ1) is 12.2. The Kier molecular flexibility index (Phi) is 3.32. The molecule has 0 saturated heterocycles. The number of hydrogen-bond donors (Lipinski definition) is 1. The molecule has 0 spiro atoms. The van der Waals surface area contributed by atoms with Crippen molar-refractivity contribution in [2.45, 2.75) is 0 Å². The minimum Gasteiger partial charge on any atom is -0.319 e. The van der Waals surface area contributed by atoms with Gasteiger partial charge < -0.3 is 5.32 Å². The molecule has 0 bridgehead atoms. The molecule has 0 aliphatic carbocycles. The number of carbonyl (C=O) groups excluding carboxylic acids is 1. The van der Waals surface area contributed by atoms with E-state index in [2.05, 4.69) is 5.32 Å². The lowest BCUT2D eigenvalue weighted by Gasteiger charge is -2.06. The van der Waals surface area contributed by atoms with Crippen molar-refractivity contribution < 1.29 is 18.0 Å². The van der Waals surface area contributed by atoms with Crippen LogP contribution in [0.3, 0.4) is 0 Å². The van der Waals surface area contributed by atoms with E-state index in [1.165, 1.54) is 12.1 Å². The lowest BCUT2D eigenvalue weighted by molar-refractivity contribution is 0.102. The standard InChI is InChI=1S/C13H8F3NO/c14-9-3-1-8(2-4-9)13(18)17-12-7-10(15)5-6-11(12)16/h1-7H,(H,17,18). The van der Waals surface area contributed by atoms with Gasteiger partial charge in [-0.15, -0.1) is 0 Å². The fourth-order valence-electron chi connectivity index (χ4n) is 1.39. The summed E-state index contributed by atoms with van der Waals surface area (Å²) in [6, 6.07) is 7.45. The zero-order chi connectivity index (χ0) is 13.1. The van der Waals surface area contributed by atoms with Crippen molar-refractivity contribution in [2.75, 3.05) is 5.32 Å². The highest BCUT2D eigenvalue weighted by Crippen LogP contribution is 2.16. The molecule has 0 atom stereocenters. The Morgan fingerprint density at radius 1 is 0.889 bits per heavy atom. The summed E-state index contributed by atoms with van der Waals surface area (Å²) >= 11 is 0. The molecule has 2 nitrogen and oxygen atoms in total. The van der Waals surface area contributed by atoms with Gasteiger partial charge >= 0.3 is 0 Å². The first-order valence-corrected chi connectivity index (χ1v) is 5.08. The van der Waals surface area contributed by atoms with Crippen LogP contribution in [0.4, 0.5) is 18.9 Å². The third-order valence-electron chi connectivity index (χ3n) is 2.28. The lowest BCUT2D eigenvalue weighted by Crippen LogP contribution is -2.13. The molecule has 5 heteroatoms. The topological polar surface area (TPSA) is 29.1 Å². The zero-order valence-corrected chi connectivity index (χ0v) is 9.08. The molecule has 0 fully saturated rings. The zero-order valence-electron chi connectivity index (χ0n) is 9.08. The molecule has 2 aromatic rings. The summed E-state index contributed by atoms with van der Waals surface area (Å²) in [7, 11) is 0. The summed E-state index contributed by atoms with van der Waals surface area (Å²) < 4.78 is 38.8. The molecule has 0 saturated carbocycles. The van der Waals surface area contributed by atoms with Gasteiger partial charge in [0.1, 0.15) is 17.5 Å². The van der Waals surface area contributed by atoms with Crippen LogP contribution in [0.2, 0.25) is 0 Å². The Bertz CT molecular complexity index is 581. The fraction of sp³-hybridized carbons (Fsp3) is 0. The van der Waals surface area contributed by atoms with Crippen molar-refractivity contribution in [2.24, 2.45) is 0 Å². The summed E-state index contributed by atoms with van der Waals surface area (Å²) in [5.74, 6) is -2.53. The first-order valence-electron chi connectivity index (χ1n) is 5.08. The van der Waals surface area contributed by atoms with E-state index in [0.29, 0.717) is 0 Å². The van der Waals surface area contributed by atoms with E-state index in [-0.39, 0.29) is 11.3 Å². The molecule has 18 heavy (non-hydrogen) atoms. The van der Waals surface area contributed by atoms with Crippen LogP contribution in [0.25, 0.3) is 0 Å². The van der Waals surface area contributed by atoms with Crippen molar-refractivity contribution in [3.05, 3.63) is 65.5 Å². The second kappa shape index (κ2) is 4.91. The Balaban J connectivity index is 2.21. The Morgan fingerprint density at radius 3 is 2.17 bits per heavy atom. The summed E-state index contributed by atoms with van der Waals surface area (Å²) in [6.07, 6.45) is 0.